The standard InChI is InChI=1S/C19H20N2OS/c1-12-5-6-17-20-16(9-18(22)21(17)10-12)11-23-19-14(3)7-13(2)8-15(19)4/h5-10H,11H2,1-4H3. The quantitative estimate of drug-likeness (QED) is 0.677. The summed E-state index contributed by atoms with van der Waals surface area (Å²) in [5, 5.41) is 0. The summed E-state index contributed by atoms with van der Waals surface area (Å²) in [6.07, 6.45) is 1.83. The van der Waals surface area contributed by atoms with Gasteiger partial charge in [0, 0.05) is 22.9 Å². The summed E-state index contributed by atoms with van der Waals surface area (Å²) in [7, 11) is 0. The zero-order valence-electron chi connectivity index (χ0n) is 13.9. The molecule has 0 saturated heterocycles. The van der Waals surface area contributed by atoms with Crippen molar-refractivity contribution in [3.8, 4) is 0 Å². The summed E-state index contributed by atoms with van der Waals surface area (Å²) in [6, 6.07) is 9.90. The Morgan fingerprint density at radius 3 is 2.39 bits per heavy atom. The molecule has 0 unspecified atom stereocenters. The molecule has 0 N–H and O–H groups in total. The molecule has 0 aliphatic carbocycles. The monoisotopic (exact) mass is 324 g/mol. The van der Waals surface area contributed by atoms with E-state index in [2.05, 4.69) is 37.9 Å². The lowest BCUT2D eigenvalue weighted by Crippen LogP contribution is -2.15. The van der Waals surface area contributed by atoms with Crippen LogP contribution in [0.5, 0.6) is 0 Å². The van der Waals surface area contributed by atoms with Crippen LogP contribution in [0.1, 0.15) is 27.9 Å². The van der Waals surface area contributed by atoms with Crippen LogP contribution < -0.4 is 5.56 Å². The molecule has 0 saturated carbocycles. The minimum absolute atomic E-state index is 0.0216. The van der Waals surface area contributed by atoms with Gasteiger partial charge in [-0.3, -0.25) is 9.20 Å². The summed E-state index contributed by atoms with van der Waals surface area (Å²) in [5.74, 6) is 0.699. The molecule has 118 valence electrons. The molecular formula is C19H20N2OS. The number of thioether (sulfide) groups is 1. The third kappa shape index (κ3) is 3.32. The first kappa shape index (κ1) is 15.8. The van der Waals surface area contributed by atoms with E-state index in [0.717, 1.165) is 11.3 Å². The number of pyridine rings is 1. The lowest BCUT2D eigenvalue weighted by Gasteiger charge is -2.11. The van der Waals surface area contributed by atoms with Crippen LogP contribution in [0.15, 0.2) is 46.2 Å². The van der Waals surface area contributed by atoms with Crippen LogP contribution in [0.3, 0.4) is 0 Å². The molecule has 2 aromatic heterocycles. The average Bonchev–Trinajstić information content (AvgIpc) is 2.47. The van der Waals surface area contributed by atoms with Crippen LogP contribution in [0.2, 0.25) is 0 Å². The predicted molar refractivity (Wildman–Crippen MR) is 96.4 cm³/mol. The van der Waals surface area contributed by atoms with Crippen LogP contribution in [-0.4, -0.2) is 9.38 Å². The van der Waals surface area contributed by atoms with E-state index in [1.165, 1.54) is 21.6 Å². The van der Waals surface area contributed by atoms with Crippen LogP contribution in [-0.2, 0) is 5.75 Å². The van der Waals surface area contributed by atoms with Gasteiger partial charge in [0.15, 0.2) is 0 Å². The van der Waals surface area contributed by atoms with E-state index in [9.17, 15) is 4.79 Å². The van der Waals surface area contributed by atoms with Gasteiger partial charge in [-0.05, 0) is 50.5 Å². The second-order valence-electron chi connectivity index (χ2n) is 6.04. The molecule has 0 radical (unpaired) electrons. The smallest absolute Gasteiger partial charge is 0.258 e. The SMILES string of the molecule is Cc1cc(C)c(SCc2cc(=O)n3cc(C)ccc3n2)c(C)c1. The van der Waals surface area contributed by atoms with Crippen molar-refractivity contribution in [3.05, 3.63) is 74.8 Å². The van der Waals surface area contributed by atoms with E-state index in [-0.39, 0.29) is 5.56 Å². The third-order valence-electron chi connectivity index (χ3n) is 3.83. The molecule has 3 rings (SSSR count). The van der Waals surface area contributed by atoms with Gasteiger partial charge in [-0.2, -0.15) is 0 Å². The Labute approximate surface area is 140 Å². The molecule has 0 fully saturated rings. The molecule has 0 spiro atoms. The molecule has 2 heterocycles. The van der Waals surface area contributed by atoms with Gasteiger partial charge in [0.05, 0.1) is 5.69 Å². The lowest BCUT2D eigenvalue weighted by atomic mass is 10.1. The van der Waals surface area contributed by atoms with Gasteiger partial charge in [0.25, 0.3) is 5.56 Å². The molecular weight excluding hydrogens is 304 g/mol. The number of aryl methyl sites for hydroxylation is 4. The molecule has 0 aliphatic heterocycles. The zero-order chi connectivity index (χ0) is 16.6. The van der Waals surface area contributed by atoms with Gasteiger partial charge < -0.3 is 0 Å². The molecule has 4 heteroatoms. The Bertz CT molecular complexity index is 921. The first-order valence-electron chi connectivity index (χ1n) is 7.63. The van der Waals surface area contributed by atoms with Crippen LogP contribution in [0.4, 0.5) is 0 Å². The maximum absolute atomic E-state index is 12.3. The molecule has 0 bridgehead atoms. The lowest BCUT2D eigenvalue weighted by molar-refractivity contribution is 1.00. The van der Waals surface area contributed by atoms with Crippen molar-refractivity contribution in [2.75, 3.05) is 0 Å². The van der Waals surface area contributed by atoms with Gasteiger partial charge in [0.2, 0.25) is 0 Å². The Morgan fingerprint density at radius 2 is 1.70 bits per heavy atom. The van der Waals surface area contributed by atoms with Crippen molar-refractivity contribution in [2.45, 2.75) is 38.3 Å². The number of rotatable bonds is 3. The Kier molecular flexibility index (Phi) is 4.26. The number of fused-ring (bicyclic) bond motifs is 1. The number of benzene rings is 1. The van der Waals surface area contributed by atoms with Gasteiger partial charge in [0.1, 0.15) is 5.65 Å². The Morgan fingerprint density at radius 1 is 1.00 bits per heavy atom. The molecule has 23 heavy (non-hydrogen) atoms. The summed E-state index contributed by atoms with van der Waals surface area (Å²) in [5.41, 5.74) is 6.39. The fraction of sp³-hybridized carbons (Fsp3) is 0.263. The summed E-state index contributed by atoms with van der Waals surface area (Å²) >= 11 is 1.75. The van der Waals surface area contributed by atoms with Crippen LogP contribution in [0.25, 0.3) is 5.65 Å². The van der Waals surface area contributed by atoms with E-state index < -0.39 is 0 Å². The normalized spacial score (nSPS) is 11.1. The highest BCUT2D eigenvalue weighted by Crippen LogP contribution is 2.29. The molecule has 0 atom stereocenters. The fourth-order valence-corrected chi connectivity index (χ4v) is 3.89. The van der Waals surface area contributed by atoms with Gasteiger partial charge in [-0.15, -0.1) is 11.8 Å². The van der Waals surface area contributed by atoms with E-state index in [4.69, 9.17) is 0 Å². The summed E-state index contributed by atoms with van der Waals surface area (Å²) < 4.78 is 1.60. The molecule has 0 amide bonds. The largest absolute Gasteiger partial charge is 0.269 e. The van der Waals surface area contributed by atoms with Crippen molar-refractivity contribution in [1.29, 1.82) is 0 Å². The molecule has 3 aromatic rings. The van der Waals surface area contributed by atoms with Crippen LogP contribution in [0, 0.1) is 27.7 Å². The Hall–Kier alpha value is -2.07. The molecule has 3 nitrogen and oxygen atoms in total. The number of hydrogen-bond acceptors (Lipinski definition) is 3. The van der Waals surface area contributed by atoms with Crippen LogP contribution >= 0.6 is 11.8 Å². The highest BCUT2D eigenvalue weighted by Gasteiger charge is 2.07. The average molecular weight is 324 g/mol. The van der Waals surface area contributed by atoms with Gasteiger partial charge in [-0.25, -0.2) is 4.98 Å². The van der Waals surface area contributed by atoms with Gasteiger partial charge in [-0.1, -0.05) is 23.8 Å². The summed E-state index contributed by atoms with van der Waals surface area (Å²) in [6.45, 7) is 8.35. The van der Waals surface area contributed by atoms with Crippen molar-refractivity contribution in [3.63, 3.8) is 0 Å². The van der Waals surface area contributed by atoms with E-state index in [1.807, 2.05) is 25.3 Å². The van der Waals surface area contributed by atoms with Crippen molar-refractivity contribution in [1.82, 2.24) is 9.38 Å². The summed E-state index contributed by atoms with van der Waals surface area (Å²) in [4.78, 5) is 18.1. The highest BCUT2D eigenvalue weighted by atomic mass is 32.2. The minimum atomic E-state index is -0.0216. The molecule has 1 aromatic carbocycles. The number of nitrogens with zero attached hydrogens (tertiary/aromatic N) is 2. The maximum atomic E-state index is 12.3. The van der Waals surface area contributed by atoms with E-state index >= 15 is 0 Å². The predicted octanol–water partition coefficient (Wildman–Crippen LogP) is 4.22. The number of hydrogen-bond donors (Lipinski definition) is 0. The minimum Gasteiger partial charge on any atom is -0.269 e. The second kappa shape index (κ2) is 6.20. The first-order chi connectivity index (χ1) is 10.9. The third-order valence-corrected chi connectivity index (χ3v) is 5.20. The fourth-order valence-electron chi connectivity index (χ4n) is 2.87. The number of aromatic nitrogens is 2. The molecule has 0 aliphatic rings. The van der Waals surface area contributed by atoms with Gasteiger partial charge >= 0.3 is 0 Å². The van der Waals surface area contributed by atoms with Crippen molar-refractivity contribution < 1.29 is 0 Å². The van der Waals surface area contributed by atoms with Crippen molar-refractivity contribution >= 4 is 17.4 Å². The second-order valence-corrected chi connectivity index (χ2v) is 7.02. The van der Waals surface area contributed by atoms with Crippen molar-refractivity contribution in [2.24, 2.45) is 0 Å². The Balaban J connectivity index is 1.91. The first-order valence-corrected chi connectivity index (χ1v) is 8.62. The van der Waals surface area contributed by atoms with E-state index in [1.54, 1.807) is 22.2 Å². The van der Waals surface area contributed by atoms with E-state index in [0.29, 0.717) is 11.4 Å². The topological polar surface area (TPSA) is 34.4 Å². The highest BCUT2D eigenvalue weighted by molar-refractivity contribution is 7.98. The maximum Gasteiger partial charge on any atom is 0.258 e. The zero-order valence-corrected chi connectivity index (χ0v) is 14.7.